The van der Waals surface area contributed by atoms with Gasteiger partial charge in [0.1, 0.15) is 11.5 Å². The minimum absolute atomic E-state index is 0.144. The van der Waals surface area contributed by atoms with Gasteiger partial charge in [0.25, 0.3) is 5.91 Å². The van der Waals surface area contributed by atoms with Gasteiger partial charge in [-0.3, -0.25) is 9.78 Å². The van der Waals surface area contributed by atoms with E-state index < -0.39 is 0 Å². The summed E-state index contributed by atoms with van der Waals surface area (Å²) < 4.78 is 5.60. The second-order valence-corrected chi connectivity index (χ2v) is 6.88. The number of carbonyl (C=O) groups excluding carboxylic acids is 1. The van der Waals surface area contributed by atoms with Crippen LogP contribution in [0.5, 0.6) is 0 Å². The highest BCUT2D eigenvalue weighted by Crippen LogP contribution is 2.26. The number of carbonyl (C=O) groups is 1. The van der Waals surface area contributed by atoms with Crippen molar-refractivity contribution in [2.24, 2.45) is 0 Å². The molecule has 0 fully saturated rings. The predicted octanol–water partition coefficient (Wildman–Crippen LogP) is 5.00. The lowest BCUT2D eigenvalue weighted by Crippen LogP contribution is -2.27. The number of pyridine rings is 2. The highest BCUT2D eigenvalue weighted by atomic mass is 16.3. The number of rotatable bonds is 4. The molecule has 4 aromatic rings. The van der Waals surface area contributed by atoms with Crippen LogP contribution in [0.2, 0.25) is 0 Å². The van der Waals surface area contributed by atoms with Gasteiger partial charge in [0.2, 0.25) is 0 Å². The Balaban J connectivity index is 1.74. The zero-order chi connectivity index (χ0) is 19.7. The molecule has 0 aliphatic heterocycles. The topological polar surface area (TPSA) is 68.0 Å². The second-order valence-electron chi connectivity index (χ2n) is 6.88. The average Bonchev–Trinajstić information content (AvgIpc) is 3.06. The maximum Gasteiger partial charge on any atom is 0.252 e. The van der Waals surface area contributed by atoms with Crippen LogP contribution in [-0.4, -0.2) is 15.9 Å². The fourth-order valence-corrected chi connectivity index (χ4v) is 3.46. The van der Waals surface area contributed by atoms with E-state index in [2.05, 4.69) is 10.3 Å². The van der Waals surface area contributed by atoms with Crippen LogP contribution >= 0.6 is 0 Å². The smallest absolute Gasteiger partial charge is 0.252 e. The van der Waals surface area contributed by atoms with Crippen LogP contribution in [0.4, 0.5) is 0 Å². The second kappa shape index (κ2) is 7.27. The third kappa shape index (κ3) is 3.39. The van der Waals surface area contributed by atoms with Gasteiger partial charge in [-0.05, 0) is 51.1 Å². The number of benzene rings is 1. The van der Waals surface area contributed by atoms with Crippen LogP contribution in [0.3, 0.4) is 0 Å². The van der Waals surface area contributed by atoms with E-state index in [0.29, 0.717) is 5.56 Å². The third-order valence-electron chi connectivity index (χ3n) is 4.81. The SMILES string of the molecule is Cc1cc(C(C)NC(=O)c2cc(-c3cccnc3)nc3ccccc23)c(C)o1. The molecule has 1 aromatic carbocycles. The molecule has 0 aliphatic rings. The predicted molar refractivity (Wildman–Crippen MR) is 109 cm³/mol. The Hall–Kier alpha value is -3.47. The molecule has 1 N–H and O–H groups in total. The first-order valence-electron chi connectivity index (χ1n) is 9.21. The normalized spacial score (nSPS) is 12.1. The maximum atomic E-state index is 13.2. The van der Waals surface area contributed by atoms with Gasteiger partial charge in [0.05, 0.1) is 22.8 Å². The molecular weight excluding hydrogens is 350 g/mol. The van der Waals surface area contributed by atoms with E-state index in [1.54, 1.807) is 12.4 Å². The number of aryl methyl sites for hydroxylation is 2. The number of amides is 1. The third-order valence-corrected chi connectivity index (χ3v) is 4.81. The molecule has 0 saturated heterocycles. The van der Waals surface area contributed by atoms with E-state index >= 15 is 0 Å². The van der Waals surface area contributed by atoms with Crippen LogP contribution in [0.25, 0.3) is 22.2 Å². The monoisotopic (exact) mass is 371 g/mol. The molecule has 1 unspecified atom stereocenters. The van der Waals surface area contributed by atoms with Crippen LogP contribution in [0.1, 0.15) is 40.4 Å². The Morgan fingerprint density at radius 3 is 2.64 bits per heavy atom. The summed E-state index contributed by atoms with van der Waals surface area (Å²) in [6.07, 6.45) is 3.47. The van der Waals surface area contributed by atoms with Gasteiger partial charge in [0, 0.05) is 28.9 Å². The molecule has 0 spiro atoms. The summed E-state index contributed by atoms with van der Waals surface area (Å²) in [5.41, 5.74) is 3.94. The molecule has 28 heavy (non-hydrogen) atoms. The molecule has 0 saturated carbocycles. The molecule has 0 aliphatic carbocycles. The zero-order valence-electron chi connectivity index (χ0n) is 16.1. The summed E-state index contributed by atoms with van der Waals surface area (Å²) in [5, 5.41) is 3.91. The van der Waals surface area contributed by atoms with Gasteiger partial charge in [-0.1, -0.05) is 18.2 Å². The lowest BCUT2D eigenvalue weighted by atomic mass is 10.0. The molecule has 1 atom stereocenters. The number of aromatic nitrogens is 2. The van der Waals surface area contributed by atoms with Gasteiger partial charge < -0.3 is 9.73 Å². The lowest BCUT2D eigenvalue weighted by Gasteiger charge is -2.15. The summed E-state index contributed by atoms with van der Waals surface area (Å²) >= 11 is 0. The molecule has 0 radical (unpaired) electrons. The van der Waals surface area contributed by atoms with E-state index in [9.17, 15) is 4.79 Å². The summed E-state index contributed by atoms with van der Waals surface area (Å²) in [7, 11) is 0. The first-order chi connectivity index (χ1) is 13.5. The zero-order valence-corrected chi connectivity index (χ0v) is 16.1. The van der Waals surface area contributed by atoms with Crippen molar-refractivity contribution in [3.8, 4) is 11.3 Å². The van der Waals surface area contributed by atoms with Crippen molar-refractivity contribution in [3.63, 3.8) is 0 Å². The number of para-hydroxylation sites is 1. The highest BCUT2D eigenvalue weighted by Gasteiger charge is 2.19. The molecule has 140 valence electrons. The average molecular weight is 371 g/mol. The van der Waals surface area contributed by atoms with Crippen molar-refractivity contribution in [1.29, 1.82) is 0 Å². The van der Waals surface area contributed by atoms with Crippen LogP contribution in [-0.2, 0) is 0 Å². The van der Waals surface area contributed by atoms with Gasteiger partial charge in [-0.2, -0.15) is 0 Å². The number of nitrogens with zero attached hydrogens (tertiary/aromatic N) is 2. The number of hydrogen-bond acceptors (Lipinski definition) is 4. The Bertz CT molecular complexity index is 1150. The van der Waals surface area contributed by atoms with Crippen LogP contribution in [0, 0.1) is 13.8 Å². The largest absolute Gasteiger partial charge is 0.466 e. The minimum atomic E-state index is -0.168. The van der Waals surface area contributed by atoms with Crippen molar-refractivity contribution < 1.29 is 9.21 Å². The molecule has 3 aromatic heterocycles. The summed E-state index contributed by atoms with van der Waals surface area (Å²) in [6.45, 7) is 5.77. The van der Waals surface area contributed by atoms with E-state index in [1.165, 1.54) is 0 Å². The summed E-state index contributed by atoms with van der Waals surface area (Å²) in [5.74, 6) is 1.51. The maximum absolute atomic E-state index is 13.2. The molecule has 5 heteroatoms. The van der Waals surface area contributed by atoms with Gasteiger partial charge in [-0.15, -0.1) is 0 Å². The highest BCUT2D eigenvalue weighted by molar-refractivity contribution is 6.07. The Labute approximate surface area is 163 Å². The number of fused-ring (bicyclic) bond motifs is 1. The van der Waals surface area contributed by atoms with E-state index in [-0.39, 0.29) is 11.9 Å². The Morgan fingerprint density at radius 2 is 1.93 bits per heavy atom. The number of furan rings is 1. The molecular formula is C23H21N3O2. The molecule has 4 rings (SSSR count). The first-order valence-corrected chi connectivity index (χ1v) is 9.21. The molecule has 1 amide bonds. The quantitative estimate of drug-likeness (QED) is 0.548. The summed E-state index contributed by atoms with van der Waals surface area (Å²) in [4.78, 5) is 22.0. The van der Waals surface area contributed by atoms with Crippen molar-refractivity contribution in [2.45, 2.75) is 26.8 Å². The lowest BCUT2D eigenvalue weighted by molar-refractivity contribution is 0.0941. The Morgan fingerprint density at radius 1 is 1.11 bits per heavy atom. The van der Waals surface area contributed by atoms with Gasteiger partial charge >= 0.3 is 0 Å². The van der Waals surface area contributed by atoms with E-state index in [1.807, 2.05) is 69.3 Å². The van der Waals surface area contributed by atoms with Crippen LogP contribution in [0.15, 0.2) is 65.3 Å². The van der Waals surface area contributed by atoms with E-state index in [0.717, 1.165) is 39.2 Å². The van der Waals surface area contributed by atoms with Crippen molar-refractivity contribution >= 4 is 16.8 Å². The van der Waals surface area contributed by atoms with Crippen molar-refractivity contribution in [1.82, 2.24) is 15.3 Å². The molecule has 3 heterocycles. The Kier molecular flexibility index (Phi) is 4.65. The minimum Gasteiger partial charge on any atom is -0.466 e. The number of nitrogens with one attached hydrogen (secondary N) is 1. The van der Waals surface area contributed by atoms with Crippen molar-refractivity contribution in [2.75, 3.05) is 0 Å². The fourth-order valence-electron chi connectivity index (χ4n) is 3.46. The molecule has 0 bridgehead atoms. The first kappa shape index (κ1) is 17.9. The van der Waals surface area contributed by atoms with Gasteiger partial charge in [0.15, 0.2) is 0 Å². The summed E-state index contributed by atoms with van der Waals surface area (Å²) in [6, 6.07) is 15.1. The standard InChI is InChI=1S/C23H21N3O2/c1-14-11-19(16(3)28-14)15(2)25-23(27)20-12-22(17-7-6-10-24-13-17)26-21-9-5-4-8-18(20)21/h4-13,15H,1-3H3,(H,25,27). The van der Waals surface area contributed by atoms with Gasteiger partial charge in [-0.25, -0.2) is 4.98 Å². The van der Waals surface area contributed by atoms with Crippen molar-refractivity contribution in [3.05, 3.63) is 83.6 Å². The number of hydrogen-bond donors (Lipinski definition) is 1. The van der Waals surface area contributed by atoms with E-state index in [4.69, 9.17) is 9.40 Å². The van der Waals surface area contributed by atoms with Crippen LogP contribution < -0.4 is 5.32 Å². The fraction of sp³-hybridized carbons (Fsp3) is 0.174. The molecule has 5 nitrogen and oxygen atoms in total.